The summed E-state index contributed by atoms with van der Waals surface area (Å²) in [6.45, 7) is 6.68. The van der Waals surface area contributed by atoms with Crippen LogP contribution in [0.25, 0.3) is 0 Å². The Bertz CT molecular complexity index is 546. The van der Waals surface area contributed by atoms with Crippen LogP contribution in [-0.2, 0) is 9.59 Å². The Morgan fingerprint density at radius 2 is 1.82 bits per heavy atom. The Morgan fingerprint density at radius 3 is 2.27 bits per heavy atom. The molecule has 0 saturated heterocycles. The molecule has 5 heteroatoms. The minimum absolute atomic E-state index is 0.233. The van der Waals surface area contributed by atoms with Gasteiger partial charge in [-0.05, 0) is 43.4 Å². The molecule has 1 atom stereocenters. The molecule has 0 aromatic heterocycles. The number of rotatable bonds is 7. The monoisotopic (exact) mass is 305 g/mol. The zero-order valence-electron chi connectivity index (χ0n) is 13.3. The van der Waals surface area contributed by atoms with Crippen molar-refractivity contribution in [3.63, 3.8) is 0 Å². The van der Waals surface area contributed by atoms with Crippen LogP contribution in [0.5, 0.6) is 5.75 Å². The van der Waals surface area contributed by atoms with Crippen LogP contribution in [0.15, 0.2) is 24.3 Å². The Labute approximate surface area is 130 Å². The molecular formula is C17H23NO4. The molecule has 1 aliphatic carbocycles. The van der Waals surface area contributed by atoms with Gasteiger partial charge < -0.3 is 15.2 Å². The van der Waals surface area contributed by atoms with Crippen LogP contribution >= 0.6 is 0 Å². The van der Waals surface area contributed by atoms with E-state index in [1.165, 1.54) is 0 Å². The zero-order chi connectivity index (χ0) is 16.3. The Balaban J connectivity index is 1.94. The minimum atomic E-state index is -1.20. The van der Waals surface area contributed by atoms with Crippen LogP contribution in [0.2, 0.25) is 0 Å². The van der Waals surface area contributed by atoms with Crippen molar-refractivity contribution < 1.29 is 19.4 Å². The molecule has 1 saturated carbocycles. The summed E-state index contributed by atoms with van der Waals surface area (Å²) in [5, 5.41) is 11.9. The highest BCUT2D eigenvalue weighted by atomic mass is 16.5. The summed E-state index contributed by atoms with van der Waals surface area (Å²) in [6, 6.07) is 7.28. The van der Waals surface area contributed by atoms with E-state index in [-0.39, 0.29) is 6.04 Å². The van der Waals surface area contributed by atoms with Gasteiger partial charge in [0.25, 0.3) is 0 Å². The molecule has 0 bridgehead atoms. The predicted molar refractivity (Wildman–Crippen MR) is 82.6 cm³/mol. The Hall–Kier alpha value is -2.04. The highest BCUT2D eigenvalue weighted by Crippen LogP contribution is 2.46. The lowest BCUT2D eigenvalue weighted by molar-refractivity contribution is -0.149. The number of hydrogen-bond acceptors (Lipinski definition) is 3. The van der Waals surface area contributed by atoms with Crippen molar-refractivity contribution in [3.8, 4) is 5.75 Å². The third-order valence-corrected chi connectivity index (χ3v) is 3.91. The number of nitrogens with one attached hydrogen (secondary N) is 1. The average molecular weight is 305 g/mol. The molecule has 5 nitrogen and oxygen atoms in total. The number of benzene rings is 1. The third kappa shape index (κ3) is 3.59. The van der Waals surface area contributed by atoms with E-state index in [2.05, 4.69) is 19.2 Å². The van der Waals surface area contributed by atoms with Gasteiger partial charge in [-0.3, -0.25) is 9.59 Å². The van der Waals surface area contributed by atoms with Crippen LogP contribution < -0.4 is 10.1 Å². The van der Waals surface area contributed by atoms with Gasteiger partial charge in [0, 0.05) is 0 Å². The molecule has 0 radical (unpaired) electrons. The lowest BCUT2D eigenvalue weighted by Gasteiger charge is -2.18. The van der Waals surface area contributed by atoms with Gasteiger partial charge in [0.05, 0.1) is 12.6 Å². The second-order valence-electron chi connectivity index (χ2n) is 6.36. The molecule has 2 rings (SSSR count). The van der Waals surface area contributed by atoms with Crippen molar-refractivity contribution in [2.24, 2.45) is 11.3 Å². The molecule has 2 N–H and O–H groups in total. The van der Waals surface area contributed by atoms with Gasteiger partial charge in [-0.2, -0.15) is 0 Å². The highest BCUT2D eigenvalue weighted by molar-refractivity contribution is 6.04. The van der Waals surface area contributed by atoms with E-state index >= 15 is 0 Å². The standard InChI is InChI=1S/C17H23NO4/c1-11(2)10-22-14-6-4-13(5-7-14)12(3)18-15(19)17(8-9-17)16(20)21/h4-7,11-12H,8-10H2,1-3H3,(H,18,19)(H,20,21). The summed E-state index contributed by atoms with van der Waals surface area (Å²) in [4.78, 5) is 23.2. The summed E-state index contributed by atoms with van der Waals surface area (Å²) in [5.74, 6) is -0.175. The molecule has 1 aromatic carbocycles. The molecular weight excluding hydrogens is 282 g/mol. The van der Waals surface area contributed by atoms with Crippen molar-refractivity contribution in [3.05, 3.63) is 29.8 Å². The maximum atomic E-state index is 12.1. The fourth-order valence-electron chi connectivity index (χ4n) is 2.20. The molecule has 1 aromatic rings. The van der Waals surface area contributed by atoms with E-state index in [0.29, 0.717) is 25.4 Å². The maximum Gasteiger partial charge on any atom is 0.319 e. The fourth-order valence-corrected chi connectivity index (χ4v) is 2.20. The molecule has 0 aliphatic heterocycles. The summed E-state index contributed by atoms with van der Waals surface area (Å²) in [5.41, 5.74) is -0.277. The first-order valence-electron chi connectivity index (χ1n) is 7.62. The molecule has 1 unspecified atom stereocenters. The van der Waals surface area contributed by atoms with E-state index in [9.17, 15) is 9.59 Å². The Kier molecular flexibility index (Phi) is 4.74. The second-order valence-corrected chi connectivity index (χ2v) is 6.36. The van der Waals surface area contributed by atoms with Crippen LogP contribution in [-0.4, -0.2) is 23.6 Å². The number of carboxylic acid groups (broad SMARTS) is 1. The van der Waals surface area contributed by atoms with Gasteiger partial charge >= 0.3 is 5.97 Å². The van der Waals surface area contributed by atoms with E-state index in [1.807, 2.05) is 31.2 Å². The lowest BCUT2D eigenvalue weighted by atomic mass is 10.0. The van der Waals surface area contributed by atoms with Crippen molar-refractivity contribution in [1.29, 1.82) is 0 Å². The molecule has 1 aliphatic rings. The largest absolute Gasteiger partial charge is 0.493 e. The van der Waals surface area contributed by atoms with Gasteiger partial charge in [0.15, 0.2) is 0 Å². The van der Waals surface area contributed by atoms with E-state index in [4.69, 9.17) is 9.84 Å². The molecule has 1 amide bonds. The van der Waals surface area contributed by atoms with Gasteiger partial charge in [-0.1, -0.05) is 26.0 Å². The number of amides is 1. The number of ether oxygens (including phenoxy) is 1. The molecule has 22 heavy (non-hydrogen) atoms. The van der Waals surface area contributed by atoms with Crippen LogP contribution in [0.4, 0.5) is 0 Å². The minimum Gasteiger partial charge on any atom is -0.493 e. The van der Waals surface area contributed by atoms with E-state index < -0.39 is 17.3 Å². The van der Waals surface area contributed by atoms with Crippen LogP contribution in [0.3, 0.4) is 0 Å². The number of aliphatic carboxylic acids is 1. The number of carboxylic acids is 1. The smallest absolute Gasteiger partial charge is 0.319 e. The van der Waals surface area contributed by atoms with Crippen LogP contribution in [0, 0.1) is 11.3 Å². The van der Waals surface area contributed by atoms with Crippen molar-refractivity contribution >= 4 is 11.9 Å². The molecule has 0 spiro atoms. The van der Waals surface area contributed by atoms with Crippen LogP contribution in [0.1, 0.15) is 45.2 Å². The van der Waals surface area contributed by atoms with Gasteiger partial charge in [-0.15, -0.1) is 0 Å². The van der Waals surface area contributed by atoms with E-state index in [0.717, 1.165) is 11.3 Å². The molecule has 0 heterocycles. The van der Waals surface area contributed by atoms with Gasteiger partial charge in [-0.25, -0.2) is 0 Å². The SMILES string of the molecule is CC(C)COc1ccc(C(C)NC(=O)C2(C(=O)O)CC2)cc1. The summed E-state index contributed by atoms with van der Waals surface area (Å²) >= 11 is 0. The molecule has 1 fully saturated rings. The van der Waals surface area contributed by atoms with Crippen molar-refractivity contribution in [2.45, 2.75) is 39.7 Å². The van der Waals surface area contributed by atoms with Gasteiger partial charge in [0.1, 0.15) is 11.2 Å². The second kappa shape index (κ2) is 6.38. The fraction of sp³-hybridized carbons (Fsp3) is 0.529. The number of hydrogen-bond donors (Lipinski definition) is 2. The summed E-state index contributed by atoms with van der Waals surface area (Å²) in [7, 11) is 0. The maximum absolute atomic E-state index is 12.1. The first kappa shape index (κ1) is 16.3. The average Bonchev–Trinajstić information content (AvgIpc) is 3.27. The topological polar surface area (TPSA) is 75.6 Å². The Morgan fingerprint density at radius 1 is 1.23 bits per heavy atom. The highest BCUT2D eigenvalue weighted by Gasteiger charge is 2.57. The summed E-state index contributed by atoms with van der Waals surface area (Å²) < 4.78 is 5.61. The van der Waals surface area contributed by atoms with E-state index in [1.54, 1.807) is 0 Å². The number of carbonyl (C=O) groups excluding carboxylic acids is 1. The molecule has 120 valence electrons. The third-order valence-electron chi connectivity index (χ3n) is 3.91. The van der Waals surface area contributed by atoms with Gasteiger partial charge in [0.2, 0.25) is 5.91 Å². The quantitative estimate of drug-likeness (QED) is 0.760. The van der Waals surface area contributed by atoms with Crippen molar-refractivity contribution in [1.82, 2.24) is 5.32 Å². The zero-order valence-corrected chi connectivity index (χ0v) is 13.3. The number of carbonyl (C=O) groups is 2. The first-order chi connectivity index (χ1) is 10.3. The lowest BCUT2D eigenvalue weighted by Crippen LogP contribution is -2.38. The predicted octanol–water partition coefficient (Wildman–Crippen LogP) is 2.76. The summed E-state index contributed by atoms with van der Waals surface area (Å²) in [6.07, 6.45) is 0.839. The first-order valence-corrected chi connectivity index (χ1v) is 7.62. The normalized spacial score (nSPS) is 16.9. The van der Waals surface area contributed by atoms with Crippen molar-refractivity contribution in [2.75, 3.05) is 6.61 Å².